The number of carbonyl (C=O) groups excluding carboxylic acids is 1. The van der Waals surface area contributed by atoms with Crippen molar-refractivity contribution >= 4 is 46.0 Å². The molecule has 0 bridgehead atoms. The van der Waals surface area contributed by atoms with Crippen molar-refractivity contribution in [2.45, 2.75) is 27.2 Å². The van der Waals surface area contributed by atoms with Gasteiger partial charge in [-0.25, -0.2) is 0 Å². The van der Waals surface area contributed by atoms with Crippen LogP contribution in [0.5, 0.6) is 0 Å². The number of hydrogen-bond acceptors (Lipinski definition) is 3. The number of carbonyl (C=O) groups is 1. The van der Waals surface area contributed by atoms with E-state index >= 15 is 0 Å². The highest BCUT2D eigenvalue weighted by molar-refractivity contribution is 5.94. The summed E-state index contributed by atoms with van der Waals surface area (Å²) in [6, 6.07) is 24.3. The lowest BCUT2D eigenvalue weighted by molar-refractivity contribution is -0.120. The molecule has 5 rings (SSSR count). The minimum Gasteiger partial charge on any atom is -0.355 e. The predicted octanol–water partition coefficient (Wildman–Crippen LogP) is 7.34. The SMILES string of the molecule is C[C@@H]1[C@H](C)[C@H](C)C[C@@H]1C(=O)Nc1cccc(Nc2ccc3c(/C=C/c4ccccc4)n[nH]c3c2)c1. The summed E-state index contributed by atoms with van der Waals surface area (Å²) in [7, 11) is 0. The van der Waals surface area contributed by atoms with Crippen molar-refractivity contribution in [3.05, 3.63) is 84.1 Å². The van der Waals surface area contributed by atoms with E-state index in [1.165, 1.54) is 0 Å². The Hall–Kier alpha value is -3.86. The molecule has 1 heterocycles. The maximum Gasteiger partial charge on any atom is 0.227 e. The number of aromatic nitrogens is 2. The van der Waals surface area contributed by atoms with E-state index in [4.69, 9.17) is 0 Å². The van der Waals surface area contributed by atoms with Crippen LogP contribution in [0.15, 0.2) is 72.8 Å². The van der Waals surface area contributed by atoms with Crippen molar-refractivity contribution in [2.24, 2.45) is 23.7 Å². The molecular formula is C30H32N4O. The number of nitrogens with zero attached hydrogens (tertiary/aromatic N) is 1. The molecule has 4 aromatic rings. The van der Waals surface area contributed by atoms with Crippen LogP contribution in [0.4, 0.5) is 17.1 Å². The van der Waals surface area contributed by atoms with Gasteiger partial charge in [-0.2, -0.15) is 5.10 Å². The molecule has 0 saturated heterocycles. The van der Waals surface area contributed by atoms with E-state index < -0.39 is 0 Å². The van der Waals surface area contributed by atoms with Gasteiger partial charge in [-0.05, 0) is 72.2 Å². The Morgan fingerprint density at radius 1 is 0.886 bits per heavy atom. The van der Waals surface area contributed by atoms with Crippen molar-refractivity contribution in [3.8, 4) is 0 Å². The van der Waals surface area contributed by atoms with Gasteiger partial charge < -0.3 is 10.6 Å². The normalized spacial score (nSPS) is 22.0. The van der Waals surface area contributed by atoms with E-state index in [2.05, 4.69) is 71.9 Å². The summed E-state index contributed by atoms with van der Waals surface area (Å²) in [5.74, 6) is 1.76. The number of H-pyrrole nitrogens is 1. The van der Waals surface area contributed by atoms with E-state index in [0.29, 0.717) is 17.8 Å². The largest absolute Gasteiger partial charge is 0.355 e. The Kier molecular flexibility index (Phi) is 6.41. The molecule has 0 aliphatic heterocycles. The van der Waals surface area contributed by atoms with Crippen molar-refractivity contribution < 1.29 is 4.79 Å². The van der Waals surface area contributed by atoms with Crippen LogP contribution in [0.2, 0.25) is 0 Å². The maximum absolute atomic E-state index is 12.9. The number of fused-ring (bicyclic) bond motifs is 1. The molecule has 1 fully saturated rings. The number of nitrogens with one attached hydrogen (secondary N) is 3. The highest BCUT2D eigenvalue weighted by Gasteiger charge is 2.39. The Labute approximate surface area is 206 Å². The van der Waals surface area contributed by atoms with Gasteiger partial charge in [0.2, 0.25) is 5.91 Å². The third-order valence-corrected chi connectivity index (χ3v) is 7.57. The fourth-order valence-corrected chi connectivity index (χ4v) is 5.12. The van der Waals surface area contributed by atoms with Gasteiger partial charge in [-0.15, -0.1) is 0 Å². The van der Waals surface area contributed by atoms with Gasteiger partial charge >= 0.3 is 0 Å². The minimum absolute atomic E-state index is 0.0736. The fourth-order valence-electron chi connectivity index (χ4n) is 5.12. The zero-order valence-electron chi connectivity index (χ0n) is 20.5. The summed E-state index contributed by atoms with van der Waals surface area (Å²) < 4.78 is 0. The molecule has 1 aliphatic carbocycles. The molecule has 1 amide bonds. The van der Waals surface area contributed by atoms with Gasteiger partial charge in [-0.3, -0.25) is 9.89 Å². The Bertz CT molecular complexity index is 1360. The first-order valence-corrected chi connectivity index (χ1v) is 12.4. The Balaban J connectivity index is 1.27. The Morgan fingerprint density at radius 2 is 1.66 bits per heavy atom. The third kappa shape index (κ3) is 4.99. The number of benzene rings is 3. The first-order chi connectivity index (χ1) is 17.0. The molecular weight excluding hydrogens is 432 g/mol. The second-order valence-electron chi connectivity index (χ2n) is 9.85. The first kappa shape index (κ1) is 22.9. The topological polar surface area (TPSA) is 69.8 Å². The smallest absolute Gasteiger partial charge is 0.227 e. The van der Waals surface area contributed by atoms with Crippen molar-refractivity contribution in [1.29, 1.82) is 0 Å². The number of rotatable bonds is 6. The molecule has 5 heteroatoms. The summed E-state index contributed by atoms with van der Waals surface area (Å²) >= 11 is 0. The number of anilines is 3. The zero-order valence-corrected chi connectivity index (χ0v) is 20.5. The van der Waals surface area contributed by atoms with Gasteiger partial charge in [0.1, 0.15) is 0 Å². The van der Waals surface area contributed by atoms with E-state index in [0.717, 1.165) is 45.6 Å². The molecule has 3 aromatic carbocycles. The zero-order chi connectivity index (χ0) is 24.4. The Morgan fingerprint density at radius 3 is 2.43 bits per heavy atom. The van der Waals surface area contributed by atoms with Gasteiger partial charge in [0.15, 0.2) is 0 Å². The summed E-state index contributed by atoms with van der Waals surface area (Å²) in [5, 5.41) is 15.3. The molecule has 1 saturated carbocycles. The lowest BCUT2D eigenvalue weighted by atomic mass is 9.90. The van der Waals surface area contributed by atoms with Crippen LogP contribution in [0.3, 0.4) is 0 Å². The average Bonchev–Trinajstić information content (AvgIpc) is 3.39. The van der Waals surface area contributed by atoms with Crippen LogP contribution in [0.1, 0.15) is 38.4 Å². The lowest BCUT2D eigenvalue weighted by Gasteiger charge is -2.18. The number of aromatic amines is 1. The van der Waals surface area contributed by atoms with Crippen LogP contribution < -0.4 is 10.6 Å². The highest BCUT2D eigenvalue weighted by Crippen LogP contribution is 2.41. The lowest BCUT2D eigenvalue weighted by Crippen LogP contribution is -2.25. The first-order valence-electron chi connectivity index (χ1n) is 12.4. The molecule has 0 unspecified atom stereocenters. The summed E-state index contributed by atoms with van der Waals surface area (Å²) in [6.07, 6.45) is 5.05. The van der Waals surface area contributed by atoms with E-state index in [-0.39, 0.29) is 11.8 Å². The van der Waals surface area contributed by atoms with Crippen molar-refractivity contribution in [3.63, 3.8) is 0 Å². The molecule has 35 heavy (non-hydrogen) atoms. The molecule has 0 spiro atoms. The van der Waals surface area contributed by atoms with Crippen LogP contribution >= 0.6 is 0 Å². The van der Waals surface area contributed by atoms with Gasteiger partial charge in [0, 0.05) is 28.4 Å². The highest BCUT2D eigenvalue weighted by atomic mass is 16.1. The standard InChI is InChI=1S/C30H32N4O/c1-19-16-27(21(3)20(19)2)30(35)32-24-11-7-10-23(17-24)31-25-13-14-26-28(33-34-29(26)18-25)15-12-22-8-5-4-6-9-22/h4-15,17-21,27,31H,16H2,1-3H3,(H,32,35)(H,33,34)/b15-12+/t19-,20-,21-,27+/m1/s1. The van der Waals surface area contributed by atoms with Crippen molar-refractivity contribution in [2.75, 3.05) is 10.6 Å². The summed E-state index contributed by atoms with van der Waals surface area (Å²) in [6.45, 7) is 6.70. The molecule has 3 N–H and O–H groups in total. The molecule has 0 radical (unpaired) electrons. The monoisotopic (exact) mass is 464 g/mol. The van der Waals surface area contributed by atoms with Crippen molar-refractivity contribution in [1.82, 2.24) is 10.2 Å². The van der Waals surface area contributed by atoms with Gasteiger partial charge in [0.05, 0.1) is 11.2 Å². The molecule has 178 valence electrons. The molecule has 1 aromatic heterocycles. The number of amides is 1. The summed E-state index contributed by atoms with van der Waals surface area (Å²) in [5.41, 5.74) is 5.70. The van der Waals surface area contributed by atoms with E-state index in [1.807, 2.05) is 54.6 Å². The van der Waals surface area contributed by atoms with Crippen LogP contribution in [-0.2, 0) is 4.79 Å². The minimum atomic E-state index is 0.0736. The average molecular weight is 465 g/mol. The second kappa shape index (κ2) is 9.79. The molecule has 1 aliphatic rings. The second-order valence-corrected chi connectivity index (χ2v) is 9.85. The predicted molar refractivity (Wildman–Crippen MR) is 145 cm³/mol. The molecule has 4 atom stereocenters. The van der Waals surface area contributed by atoms with Gasteiger partial charge in [0.25, 0.3) is 0 Å². The number of hydrogen-bond donors (Lipinski definition) is 3. The fraction of sp³-hybridized carbons (Fsp3) is 0.267. The third-order valence-electron chi connectivity index (χ3n) is 7.57. The summed E-state index contributed by atoms with van der Waals surface area (Å²) in [4.78, 5) is 12.9. The molecule has 5 nitrogen and oxygen atoms in total. The van der Waals surface area contributed by atoms with E-state index in [9.17, 15) is 4.79 Å². The quantitative estimate of drug-likeness (QED) is 0.279. The van der Waals surface area contributed by atoms with Crippen LogP contribution in [0, 0.1) is 23.7 Å². The maximum atomic E-state index is 12.9. The van der Waals surface area contributed by atoms with E-state index in [1.54, 1.807) is 0 Å². The van der Waals surface area contributed by atoms with Gasteiger partial charge in [-0.1, -0.05) is 63.2 Å². The van der Waals surface area contributed by atoms with Crippen LogP contribution in [-0.4, -0.2) is 16.1 Å². The van der Waals surface area contributed by atoms with Crippen LogP contribution in [0.25, 0.3) is 23.1 Å².